The largest absolute Gasteiger partial charge is 0.322 e. The van der Waals surface area contributed by atoms with E-state index in [9.17, 15) is 25.0 Å². The van der Waals surface area contributed by atoms with Crippen LogP contribution in [0.2, 0.25) is 5.02 Å². The second-order valence-electron chi connectivity index (χ2n) is 5.11. The number of non-ortho nitro benzene ring substituents is 1. The number of nitro groups is 2. The predicted molar refractivity (Wildman–Crippen MR) is 88.6 cm³/mol. The number of anilines is 1. The first-order valence-electron chi connectivity index (χ1n) is 6.71. The molecular formula is C15H12ClN3O5. The lowest BCUT2D eigenvalue weighted by Crippen LogP contribution is -2.14. The summed E-state index contributed by atoms with van der Waals surface area (Å²) in [6.45, 7) is 3.60. The second-order valence-corrected chi connectivity index (χ2v) is 5.49. The number of rotatable bonds is 4. The first-order valence-corrected chi connectivity index (χ1v) is 7.09. The molecule has 8 nitrogen and oxygen atoms in total. The zero-order valence-electron chi connectivity index (χ0n) is 12.7. The number of carbonyl (C=O) groups excluding carboxylic acids is 1. The van der Waals surface area contributed by atoms with Gasteiger partial charge in [0.1, 0.15) is 5.02 Å². The number of nitrogens with zero attached hydrogens (tertiary/aromatic N) is 2. The highest BCUT2D eigenvalue weighted by Gasteiger charge is 2.26. The molecule has 0 fully saturated rings. The van der Waals surface area contributed by atoms with Crippen LogP contribution in [0.15, 0.2) is 30.3 Å². The monoisotopic (exact) mass is 349 g/mol. The maximum atomic E-state index is 12.4. The van der Waals surface area contributed by atoms with Crippen LogP contribution in [0.25, 0.3) is 0 Å². The van der Waals surface area contributed by atoms with E-state index < -0.39 is 32.2 Å². The molecule has 0 saturated heterocycles. The molecule has 0 radical (unpaired) electrons. The van der Waals surface area contributed by atoms with Gasteiger partial charge in [0, 0.05) is 11.8 Å². The molecule has 1 amide bonds. The van der Waals surface area contributed by atoms with Gasteiger partial charge in [-0.25, -0.2) is 0 Å². The number of nitro benzene ring substituents is 2. The zero-order valence-corrected chi connectivity index (χ0v) is 13.5. The van der Waals surface area contributed by atoms with Crippen molar-refractivity contribution in [3.63, 3.8) is 0 Å². The van der Waals surface area contributed by atoms with Gasteiger partial charge in [-0.1, -0.05) is 23.7 Å². The van der Waals surface area contributed by atoms with Crippen molar-refractivity contribution in [2.45, 2.75) is 13.8 Å². The highest BCUT2D eigenvalue weighted by Crippen LogP contribution is 2.33. The number of nitrogens with one attached hydrogen (secondary N) is 1. The third-order valence-corrected chi connectivity index (χ3v) is 3.73. The van der Waals surface area contributed by atoms with Crippen molar-refractivity contribution in [3.8, 4) is 0 Å². The van der Waals surface area contributed by atoms with Crippen LogP contribution in [0.1, 0.15) is 21.5 Å². The Balaban J connectivity index is 2.50. The van der Waals surface area contributed by atoms with Crippen LogP contribution in [0, 0.1) is 34.1 Å². The number of benzene rings is 2. The first kappa shape index (κ1) is 17.4. The van der Waals surface area contributed by atoms with Crippen LogP contribution < -0.4 is 5.32 Å². The van der Waals surface area contributed by atoms with E-state index >= 15 is 0 Å². The van der Waals surface area contributed by atoms with Crippen molar-refractivity contribution < 1.29 is 14.6 Å². The van der Waals surface area contributed by atoms with E-state index in [1.165, 1.54) is 0 Å². The van der Waals surface area contributed by atoms with Crippen molar-refractivity contribution in [1.82, 2.24) is 0 Å². The van der Waals surface area contributed by atoms with E-state index in [2.05, 4.69) is 5.32 Å². The fourth-order valence-electron chi connectivity index (χ4n) is 2.06. The Morgan fingerprint density at radius 2 is 1.75 bits per heavy atom. The second kappa shape index (κ2) is 6.63. The van der Waals surface area contributed by atoms with Gasteiger partial charge in [-0.05, 0) is 31.0 Å². The lowest BCUT2D eigenvalue weighted by molar-refractivity contribution is -0.394. The average molecular weight is 350 g/mol. The summed E-state index contributed by atoms with van der Waals surface area (Å²) >= 11 is 5.89. The molecular weight excluding hydrogens is 338 g/mol. The third kappa shape index (κ3) is 3.49. The molecule has 2 rings (SSSR count). The molecule has 9 heteroatoms. The molecule has 2 aromatic rings. The van der Waals surface area contributed by atoms with E-state index in [0.717, 1.165) is 23.3 Å². The number of carbonyl (C=O) groups is 1. The fourth-order valence-corrected chi connectivity index (χ4v) is 2.32. The number of hydrogen-bond donors (Lipinski definition) is 1. The Morgan fingerprint density at radius 3 is 2.33 bits per heavy atom. The molecule has 0 atom stereocenters. The van der Waals surface area contributed by atoms with Crippen LogP contribution in [0.4, 0.5) is 17.1 Å². The van der Waals surface area contributed by atoms with Crippen LogP contribution in [-0.2, 0) is 0 Å². The predicted octanol–water partition coefficient (Wildman–Crippen LogP) is 4.03. The molecule has 0 aliphatic heterocycles. The number of aryl methyl sites for hydroxylation is 2. The summed E-state index contributed by atoms with van der Waals surface area (Å²) in [6.07, 6.45) is 0. The summed E-state index contributed by atoms with van der Waals surface area (Å²) < 4.78 is 0. The average Bonchev–Trinajstić information content (AvgIpc) is 2.50. The van der Waals surface area contributed by atoms with Crippen molar-refractivity contribution in [2.75, 3.05) is 5.32 Å². The molecule has 0 spiro atoms. The number of halogens is 1. The Labute approximate surface area is 141 Å². The van der Waals surface area contributed by atoms with Gasteiger partial charge in [0.25, 0.3) is 17.3 Å². The zero-order chi connectivity index (χ0) is 18.0. The maximum Gasteiger partial charge on any atom is 0.295 e. The van der Waals surface area contributed by atoms with Gasteiger partial charge >= 0.3 is 0 Å². The molecule has 0 heterocycles. The molecule has 0 aromatic heterocycles. The molecule has 1 N–H and O–H groups in total. The number of hydrogen-bond acceptors (Lipinski definition) is 5. The summed E-state index contributed by atoms with van der Waals surface area (Å²) in [5.74, 6) is -0.763. The van der Waals surface area contributed by atoms with Gasteiger partial charge < -0.3 is 5.32 Å². The third-order valence-electron chi connectivity index (χ3n) is 3.33. The van der Waals surface area contributed by atoms with E-state index in [4.69, 9.17) is 11.6 Å². The van der Waals surface area contributed by atoms with Gasteiger partial charge in [-0.3, -0.25) is 25.0 Å². The van der Waals surface area contributed by atoms with E-state index in [1.54, 1.807) is 19.1 Å². The lowest BCUT2D eigenvalue weighted by Gasteiger charge is -2.10. The molecule has 2 aromatic carbocycles. The smallest absolute Gasteiger partial charge is 0.295 e. The summed E-state index contributed by atoms with van der Waals surface area (Å²) in [6, 6.07) is 7.00. The Hall–Kier alpha value is -3.00. The van der Waals surface area contributed by atoms with Crippen LogP contribution >= 0.6 is 11.6 Å². The summed E-state index contributed by atoms with van der Waals surface area (Å²) in [4.78, 5) is 32.6. The fraction of sp³-hybridized carbons (Fsp3) is 0.133. The van der Waals surface area contributed by atoms with E-state index in [1.807, 2.05) is 13.0 Å². The summed E-state index contributed by atoms with van der Waals surface area (Å²) in [5.41, 5.74) is 0.537. The standard InChI is InChI=1S/C15H12ClN3O5/c1-8-3-4-9(2)12(5-8)17-15(20)11-6-10(18(21)22)7-13(14(11)16)19(23)24/h3-7H,1-2H3,(H,17,20). The van der Waals surface area contributed by atoms with Crippen LogP contribution in [-0.4, -0.2) is 15.8 Å². The van der Waals surface area contributed by atoms with Crippen molar-refractivity contribution in [2.24, 2.45) is 0 Å². The Bertz CT molecular complexity index is 866. The topological polar surface area (TPSA) is 115 Å². The molecule has 24 heavy (non-hydrogen) atoms. The van der Waals surface area contributed by atoms with Gasteiger partial charge in [-0.2, -0.15) is 0 Å². The van der Waals surface area contributed by atoms with Gasteiger partial charge in [0.05, 0.1) is 21.5 Å². The van der Waals surface area contributed by atoms with Crippen molar-refractivity contribution >= 4 is 34.6 Å². The molecule has 0 aliphatic carbocycles. The molecule has 0 aliphatic rings. The Morgan fingerprint density at radius 1 is 1.08 bits per heavy atom. The first-order chi connectivity index (χ1) is 11.2. The number of amides is 1. The van der Waals surface area contributed by atoms with Crippen molar-refractivity contribution in [3.05, 3.63) is 72.3 Å². The lowest BCUT2D eigenvalue weighted by atomic mass is 10.1. The molecule has 0 bridgehead atoms. The quantitative estimate of drug-likeness (QED) is 0.660. The van der Waals surface area contributed by atoms with Crippen molar-refractivity contribution in [1.29, 1.82) is 0 Å². The van der Waals surface area contributed by atoms with E-state index in [-0.39, 0.29) is 5.56 Å². The van der Waals surface area contributed by atoms with Gasteiger partial charge in [-0.15, -0.1) is 0 Å². The van der Waals surface area contributed by atoms with Crippen LogP contribution in [0.5, 0.6) is 0 Å². The SMILES string of the molecule is Cc1ccc(C)c(NC(=O)c2cc([N+](=O)[O-])cc([N+](=O)[O-])c2Cl)c1. The van der Waals surface area contributed by atoms with Crippen LogP contribution in [0.3, 0.4) is 0 Å². The summed E-state index contributed by atoms with van der Waals surface area (Å²) in [5, 5.41) is 24.0. The minimum absolute atomic E-state index is 0.335. The molecule has 0 saturated carbocycles. The minimum atomic E-state index is -0.871. The van der Waals surface area contributed by atoms with Gasteiger partial charge in [0.15, 0.2) is 0 Å². The van der Waals surface area contributed by atoms with E-state index in [0.29, 0.717) is 5.69 Å². The minimum Gasteiger partial charge on any atom is -0.322 e. The Kier molecular flexibility index (Phi) is 4.79. The normalized spacial score (nSPS) is 10.3. The molecule has 124 valence electrons. The highest BCUT2D eigenvalue weighted by molar-refractivity contribution is 6.36. The maximum absolute atomic E-state index is 12.4. The molecule has 0 unspecified atom stereocenters. The highest BCUT2D eigenvalue weighted by atomic mass is 35.5. The van der Waals surface area contributed by atoms with Gasteiger partial charge in [0.2, 0.25) is 0 Å². The summed E-state index contributed by atoms with van der Waals surface area (Å²) in [7, 11) is 0.